The van der Waals surface area contributed by atoms with E-state index in [4.69, 9.17) is 5.73 Å². The van der Waals surface area contributed by atoms with E-state index in [2.05, 4.69) is 61.7 Å². The molecule has 0 aromatic heterocycles. The lowest BCUT2D eigenvalue weighted by Crippen LogP contribution is -2.45. The van der Waals surface area contributed by atoms with Crippen LogP contribution in [0.25, 0.3) is 0 Å². The summed E-state index contributed by atoms with van der Waals surface area (Å²) in [7, 11) is 0. The predicted octanol–water partition coefficient (Wildman–Crippen LogP) is 3.07. The van der Waals surface area contributed by atoms with E-state index in [-0.39, 0.29) is 0 Å². The standard InChI is InChI=1S/C16H26N2S/c1-4-14-7-5-6-8-15(14)16(9-17)18-10-12(2)19-13(3)11-18/h5-8,12-13,16H,4,9-11,17H2,1-3H3. The molecule has 3 atom stereocenters. The molecule has 1 saturated heterocycles. The molecule has 1 heterocycles. The molecule has 0 saturated carbocycles. The third kappa shape index (κ3) is 3.53. The largest absolute Gasteiger partial charge is 0.329 e. The number of nitrogens with zero attached hydrogens (tertiary/aromatic N) is 1. The van der Waals surface area contributed by atoms with Crippen molar-refractivity contribution in [3.8, 4) is 0 Å². The van der Waals surface area contributed by atoms with E-state index in [1.807, 2.05) is 0 Å². The van der Waals surface area contributed by atoms with Crippen molar-refractivity contribution < 1.29 is 0 Å². The fourth-order valence-electron chi connectivity index (χ4n) is 3.13. The second-order valence-corrected chi connectivity index (χ2v) is 7.40. The van der Waals surface area contributed by atoms with Crippen LogP contribution in [0.1, 0.15) is 37.9 Å². The number of hydrogen-bond acceptors (Lipinski definition) is 3. The highest BCUT2D eigenvalue weighted by molar-refractivity contribution is 8.00. The fourth-order valence-corrected chi connectivity index (χ4v) is 4.47. The van der Waals surface area contributed by atoms with Gasteiger partial charge in [-0.25, -0.2) is 0 Å². The lowest BCUT2D eigenvalue weighted by atomic mass is 9.97. The molecule has 2 nitrogen and oxygen atoms in total. The minimum Gasteiger partial charge on any atom is -0.329 e. The lowest BCUT2D eigenvalue weighted by molar-refractivity contribution is 0.198. The third-order valence-electron chi connectivity index (χ3n) is 3.91. The van der Waals surface area contributed by atoms with Crippen LogP contribution in [0.2, 0.25) is 0 Å². The Hall–Kier alpha value is -0.510. The van der Waals surface area contributed by atoms with Crippen LogP contribution in [-0.4, -0.2) is 35.0 Å². The third-order valence-corrected chi connectivity index (χ3v) is 5.13. The zero-order valence-electron chi connectivity index (χ0n) is 12.3. The van der Waals surface area contributed by atoms with E-state index in [0.29, 0.717) is 23.1 Å². The minimum atomic E-state index is 0.377. The molecule has 1 aliphatic rings. The van der Waals surface area contributed by atoms with E-state index in [0.717, 1.165) is 19.5 Å². The van der Waals surface area contributed by atoms with Gasteiger partial charge in [0.25, 0.3) is 0 Å². The summed E-state index contributed by atoms with van der Waals surface area (Å²) in [6.45, 7) is 9.88. The molecule has 1 aromatic carbocycles. The van der Waals surface area contributed by atoms with Crippen molar-refractivity contribution in [1.82, 2.24) is 4.90 Å². The smallest absolute Gasteiger partial charge is 0.0474 e. The molecule has 1 aromatic rings. The van der Waals surface area contributed by atoms with Crippen molar-refractivity contribution >= 4 is 11.8 Å². The maximum absolute atomic E-state index is 6.10. The van der Waals surface area contributed by atoms with Gasteiger partial charge in [0.05, 0.1) is 0 Å². The van der Waals surface area contributed by atoms with Gasteiger partial charge in [0.15, 0.2) is 0 Å². The second-order valence-electron chi connectivity index (χ2n) is 5.52. The van der Waals surface area contributed by atoms with Crippen LogP contribution in [0, 0.1) is 0 Å². The van der Waals surface area contributed by atoms with Gasteiger partial charge in [-0.2, -0.15) is 11.8 Å². The van der Waals surface area contributed by atoms with Crippen molar-refractivity contribution in [3.05, 3.63) is 35.4 Å². The summed E-state index contributed by atoms with van der Waals surface area (Å²) >= 11 is 2.10. The summed E-state index contributed by atoms with van der Waals surface area (Å²) in [5, 5.41) is 1.40. The quantitative estimate of drug-likeness (QED) is 0.918. The monoisotopic (exact) mass is 278 g/mol. The Morgan fingerprint density at radius 1 is 1.26 bits per heavy atom. The van der Waals surface area contributed by atoms with Crippen molar-refractivity contribution in [2.24, 2.45) is 5.73 Å². The zero-order chi connectivity index (χ0) is 13.8. The van der Waals surface area contributed by atoms with Crippen molar-refractivity contribution in [3.63, 3.8) is 0 Å². The summed E-state index contributed by atoms with van der Waals surface area (Å²) in [6, 6.07) is 9.15. The van der Waals surface area contributed by atoms with Gasteiger partial charge in [0, 0.05) is 36.2 Å². The molecule has 3 heteroatoms. The van der Waals surface area contributed by atoms with Gasteiger partial charge in [-0.05, 0) is 17.5 Å². The van der Waals surface area contributed by atoms with Crippen LogP contribution in [0.15, 0.2) is 24.3 Å². The average molecular weight is 278 g/mol. The van der Waals surface area contributed by atoms with E-state index >= 15 is 0 Å². The van der Waals surface area contributed by atoms with Gasteiger partial charge in [0.2, 0.25) is 0 Å². The number of benzene rings is 1. The van der Waals surface area contributed by atoms with Gasteiger partial charge in [-0.3, -0.25) is 4.90 Å². The summed E-state index contributed by atoms with van der Waals surface area (Å²) in [4.78, 5) is 2.58. The Morgan fingerprint density at radius 2 is 1.89 bits per heavy atom. The van der Waals surface area contributed by atoms with Gasteiger partial charge < -0.3 is 5.73 Å². The van der Waals surface area contributed by atoms with Crippen LogP contribution in [0.5, 0.6) is 0 Å². The lowest BCUT2D eigenvalue weighted by Gasteiger charge is -2.40. The Balaban J connectivity index is 2.23. The van der Waals surface area contributed by atoms with Crippen molar-refractivity contribution in [2.45, 2.75) is 43.7 Å². The van der Waals surface area contributed by atoms with Crippen molar-refractivity contribution in [2.75, 3.05) is 19.6 Å². The van der Waals surface area contributed by atoms with Gasteiger partial charge in [-0.15, -0.1) is 0 Å². The molecular weight excluding hydrogens is 252 g/mol. The molecule has 0 bridgehead atoms. The van der Waals surface area contributed by atoms with Gasteiger partial charge >= 0.3 is 0 Å². The SMILES string of the molecule is CCc1ccccc1C(CN)N1CC(C)SC(C)C1. The first-order valence-electron chi connectivity index (χ1n) is 7.33. The molecule has 106 valence electrons. The minimum absolute atomic E-state index is 0.377. The van der Waals surface area contributed by atoms with E-state index in [1.165, 1.54) is 11.1 Å². The highest BCUT2D eigenvalue weighted by Crippen LogP contribution is 2.31. The average Bonchev–Trinajstić information content (AvgIpc) is 2.39. The number of hydrogen-bond donors (Lipinski definition) is 1. The molecule has 1 fully saturated rings. The van der Waals surface area contributed by atoms with Crippen LogP contribution in [0.4, 0.5) is 0 Å². The zero-order valence-corrected chi connectivity index (χ0v) is 13.1. The van der Waals surface area contributed by atoms with Crippen molar-refractivity contribution in [1.29, 1.82) is 0 Å². The van der Waals surface area contributed by atoms with Crippen LogP contribution >= 0.6 is 11.8 Å². The van der Waals surface area contributed by atoms with Crippen LogP contribution in [0.3, 0.4) is 0 Å². The highest BCUT2D eigenvalue weighted by Gasteiger charge is 2.28. The Kier molecular flexibility index (Phi) is 5.31. The number of thioether (sulfide) groups is 1. The highest BCUT2D eigenvalue weighted by atomic mass is 32.2. The van der Waals surface area contributed by atoms with Crippen LogP contribution < -0.4 is 5.73 Å². The molecule has 19 heavy (non-hydrogen) atoms. The topological polar surface area (TPSA) is 29.3 Å². The molecular formula is C16H26N2S. The van der Waals surface area contributed by atoms with E-state index in [1.54, 1.807) is 0 Å². The molecule has 2 rings (SSSR count). The normalized spacial score (nSPS) is 26.3. The summed E-state index contributed by atoms with van der Waals surface area (Å²) in [5.74, 6) is 0. The first kappa shape index (κ1) is 14.9. The van der Waals surface area contributed by atoms with E-state index in [9.17, 15) is 0 Å². The first-order chi connectivity index (χ1) is 9.15. The summed E-state index contributed by atoms with van der Waals surface area (Å²) in [6.07, 6.45) is 1.08. The molecule has 2 N–H and O–H groups in total. The molecule has 3 unspecified atom stereocenters. The van der Waals surface area contributed by atoms with E-state index < -0.39 is 0 Å². The Labute approximate surface area is 121 Å². The maximum Gasteiger partial charge on any atom is 0.0474 e. The number of aryl methyl sites for hydroxylation is 1. The molecule has 0 radical (unpaired) electrons. The first-order valence-corrected chi connectivity index (χ1v) is 8.27. The molecule has 1 aliphatic heterocycles. The maximum atomic E-state index is 6.10. The summed E-state index contributed by atoms with van der Waals surface area (Å²) < 4.78 is 0. The van der Waals surface area contributed by atoms with Crippen LogP contribution in [-0.2, 0) is 6.42 Å². The Morgan fingerprint density at radius 3 is 2.47 bits per heavy atom. The Bertz CT molecular complexity index is 397. The predicted molar refractivity (Wildman–Crippen MR) is 85.7 cm³/mol. The molecule has 0 amide bonds. The molecule has 0 aliphatic carbocycles. The number of nitrogens with two attached hydrogens (primary N) is 1. The summed E-state index contributed by atoms with van der Waals surface area (Å²) in [5.41, 5.74) is 8.97. The fraction of sp³-hybridized carbons (Fsp3) is 0.625. The molecule has 0 spiro atoms. The second kappa shape index (κ2) is 6.78. The van der Waals surface area contributed by atoms with Gasteiger partial charge in [0.1, 0.15) is 0 Å². The number of rotatable bonds is 4. The van der Waals surface area contributed by atoms with Gasteiger partial charge in [-0.1, -0.05) is 45.0 Å².